The van der Waals surface area contributed by atoms with Crippen molar-refractivity contribution in [1.82, 2.24) is 10.6 Å². The van der Waals surface area contributed by atoms with Crippen molar-refractivity contribution >= 4 is 39.8 Å². The molecule has 2 N–H and O–H groups in total. The Morgan fingerprint density at radius 1 is 1.17 bits per heavy atom. The number of benzene rings is 1. The molecule has 0 saturated heterocycles. The molecule has 1 aliphatic carbocycles. The summed E-state index contributed by atoms with van der Waals surface area (Å²) < 4.78 is 37.0. The van der Waals surface area contributed by atoms with Gasteiger partial charge in [0.25, 0.3) is 0 Å². The highest BCUT2D eigenvalue weighted by molar-refractivity contribution is 14.0. The van der Waals surface area contributed by atoms with Gasteiger partial charge in [0, 0.05) is 19.3 Å². The van der Waals surface area contributed by atoms with Gasteiger partial charge in [0.05, 0.1) is 12.3 Å². The monoisotopic (exact) mass is 553 g/mol. The van der Waals surface area contributed by atoms with Gasteiger partial charge in [0.15, 0.2) is 15.8 Å². The molecule has 5 nitrogen and oxygen atoms in total. The van der Waals surface area contributed by atoms with E-state index in [9.17, 15) is 12.8 Å². The minimum atomic E-state index is -3.20. The van der Waals surface area contributed by atoms with Gasteiger partial charge in [-0.1, -0.05) is 19.9 Å². The molecular weight excluding hydrogens is 516 g/mol. The number of rotatable bonds is 8. The van der Waals surface area contributed by atoms with Crippen LogP contribution >= 0.6 is 24.0 Å². The first-order valence-electron chi connectivity index (χ1n) is 10.6. The number of nitrogens with zero attached hydrogens (tertiary/aromatic N) is 1. The molecule has 0 bridgehead atoms. The zero-order valence-electron chi connectivity index (χ0n) is 18.6. The fraction of sp³-hybridized carbons (Fsp3) is 0.682. The fourth-order valence-electron chi connectivity index (χ4n) is 3.97. The number of halogens is 2. The van der Waals surface area contributed by atoms with E-state index in [-0.39, 0.29) is 42.1 Å². The molecule has 0 heterocycles. The zero-order valence-corrected chi connectivity index (χ0v) is 21.7. The van der Waals surface area contributed by atoms with Crippen LogP contribution in [0.3, 0.4) is 0 Å². The summed E-state index contributed by atoms with van der Waals surface area (Å²) in [4.78, 5) is 4.58. The maximum atomic E-state index is 13.7. The van der Waals surface area contributed by atoms with E-state index in [1.165, 1.54) is 50.1 Å². The molecule has 8 heteroatoms. The van der Waals surface area contributed by atoms with Crippen LogP contribution in [-0.2, 0) is 22.1 Å². The summed E-state index contributed by atoms with van der Waals surface area (Å²) in [5, 5.41) is 6.64. The van der Waals surface area contributed by atoms with Gasteiger partial charge in [0.1, 0.15) is 5.82 Å². The molecule has 1 saturated carbocycles. The van der Waals surface area contributed by atoms with Crippen LogP contribution in [0, 0.1) is 23.6 Å². The number of hydrogen-bond donors (Lipinski definition) is 2. The van der Waals surface area contributed by atoms with Gasteiger partial charge in [-0.3, -0.25) is 0 Å². The van der Waals surface area contributed by atoms with Crippen LogP contribution in [0.25, 0.3) is 0 Å². The molecule has 1 aliphatic rings. The highest BCUT2D eigenvalue weighted by Crippen LogP contribution is 2.32. The zero-order chi connectivity index (χ0) is 21.4. The third kappa shape index (κ3) is 9.49. The van der Waals surface area contributed by atoms with Crippen molar-refractivity contribution in [1.29, 1.82) is 0 Å². The van der Waals surface area contributed by atoms with E-state index in [2.05, 4.69) is 29.5 Å². The lowest BCUT2D eigenvalue weighted by Crippen LogP contribution is -2.40. The Morgan fingerprint density at radius 3 is 2.40 bits per heavy atom. The second-order valence-electron chi connectivity index (χ2n) is 8.58. The summed E-state index contributed by atoms with van der Waals surface area (Å²) in [5.74, 6) is 2.44. The van der Waals surface area contributed by atoms with E-state index in [4.69, 9.17) is 0 Å². The van der Waals surface area contributed by atoms with Crippen LogP contribution in [-0.4, -0.2) is 33.7 Å². The number of nitrogens with one attached hydrogen (secondary N) is 2. The molecule has 2 rings (SSSR count). The largest absolute Gasteiger partial charge is 0.357 e. The van der Waals surface area contributed by atoms with Gasteiger partial charge < -0.3 is 10.6 Å². The minimum Gasteiger partial charge on any atom is -0.357 e. The molecule has 0 aliphatic heterocycles. The second kappa shape index (κ2) is 12.8. The predicted octanol–water partition coefficient (Wildman–Crippen LogP) is 4.51. The Labute approximate surface area is 198 Å². The summed E-state index contributed by atoms with van der Waals surface area (Å²) in [6.07, 6.45) is 6.23. The standard InChI is InChI=1S/C22H36FN3O2S.HI/c1-5-24-22(25-13-17-6-8-18(9-7-17)16(2)3)26-14-20-12-21(23)11-10-19(20)15-29(4,27)28;/h10-12,16-18H,5-9,13-15H2,1-4H3,(H2,24,25,26);1H. The molecule has 0 unspecified atom stereocenters. The van der Waals surface area contributed by atoms with Gasteiger partial charge >= 0.3 is 0 Å². The third-order valence-corrected chi connectivity index (χ3v) is 6.57. The number of aliphatic imine (C=N–C) groups is 1. The van der Waals surface area contributed by atoms with Crippen molar-refractivity contribution in [3.63, 3.8) is 0 Å². The topological polar surface area (TPSA) is 70.6 Å². The van der Waals surface area contributed by atoms with Crippen molar-refractivity contribution < 1.29 is 12.8 Å². The van der Waals surface area contributed by atoms with Gasteiger partial charge in [0.2, 0.25) is 0 Å². The summed E-state index contributed by atoms with van der Waals surface area (Å²) in [6.45, 7) is 8.45. The van der Waals surface area contributed by atoms with E-state index in [1.54, 1.807) is 0 Å². The molecule has 0 atom stereocenters. The van der Waals surface area contributed by atoms with Crippen LogP contribution in [0.1, 0.15) is 57.6 Å². The molecule has 0 radical (unpaired) electrons. The van der Waals surface area contributed by atoms with Crippen molar-refractivity contribution in [3.05, 3.63) is 35.1 Å². The summed E-state index contributed by atoms with van der Waals surface area (Å²) in [6, 6.07) is 4.21. The summed E-state index contributed by atoms with van der Waals surface area (Å²) in [5.41, 5.74) is 1.20. The van der Waals surface area contributed by atoms with E-state index in [0.717, 1.165) is 24.9 Å². The first-order valence-corrected chi connectivity index (χ1v) is 12.7. The lowest BCUT2D eigenvalue weighted by Gasteiger charge is -2.31. The van der Waals surface area contributed by atoms with E-state index < -0.39 is 9.84 Å². The van der Waals surface area contributed by atoms with Crippen LogP contribution in [0.15, 0.2) is 23.2 Å². The number of guanidine groups is 1. The molecule has 1 fully saturated rings. The molecule has 1 aromatic carbocycles. The van der Waals surface area contributed by atoms with Crippen molar-refractivity contribution in [2.75, 3.05) is 19.3 Å². The molecule has 0 amide bonds. The molecule has 0 spiro atoms. The summed E-state index contributed by atoms with van der Waals surface area (Å²) >= 11 is 0. The predicted molar refractivity (Wildman–Crippen MR) is 133 cm³/mol. The first-order chi connectivity index (χ1) is 13.7. The van der Waals surface area contributed by atoms with Crippen molar-refractivity contribution in [2.24, 2.45) is 22.7 Å². The molecule has 0 aromatic heterocycles. The van der Waals surface area contributed by atoms with E-state index in [1.807, 2.05) is 6.92 Å². The quantitative estimate of drug-likeness (QED) is 0.283. The number of hydrogen-bond acceptors (Lipinski definition) is 3. The van der Waals surface area contributed by atoms with Crippen LogP contribution in [0.2, 0.25) is 0 Å². The molecule has 172 valence electrons. The molecule has 30 heavy (non-hydrogen) atoms. The summed E-state index contributed by atoms with van der Waals surface area (Å²) in [7, 11) is -3.20. The van der Waals surface area contributed by atoms with Gasteiger partial charge in [-0.15, -0.1) is 24.0 Å². The highest BCUT2D eigenvalue weighted by atomic mass is 127. The van der Waals surface area contributed by atoms with Crippen LogP contribution < -0.4 is 10.6 Å². The first kappa shape index (κ1) is 27.1. The lowest BCUT2D eigenvalue weighted by molar-refractivity contribution is 0.224. The van der Waals surface area contributed by atoms with E-state index >= 15 is 0 Å². The van der Waals surface area contributed by atoms with Crippen LogP contribution in [0.4, 0.5) is 4.39 Å². The number of sulfone groups is 1. The Kier molecular flexibility index (Phi) is 11.6. The van der Waals surface area contributed by atoms with Crippen molar-refractivity contribution in [3.8, 4) is 0 Å². The Bertz CT molecular complexity index is 792. The Balaban J connectivity index is 0.00000450. The van der Waals surface area contributed by atoms with Gasteiger partial charge in [-0.05, 0) is 73.6 Å². The van der Waals surface area contributed by atoms with Gasteiger partial charge in [-0.25, -0.2) is 17.8 Å². The molecular formula is C22H37FIN3O2S. The second-order valence-corrected chi connectivity index (χ2v) is 10.7. The minimum absolute atomic E-state index is 0. The maximum Gasteiger partial charge on any atom is 0.191 e. The fourth-order valence-corrected chi connectivity index (χ4v) is 4.82. The lowest BCUT2D eigenvalue weighted by atomic mass is 9.77. The highest BCUT2D eigenvalue weighted by Gasteiger charge is 2.23. The van der Waals surface area contributed by atoms with Crippen LogP contribution in [0.5, 0.6) is 0 Å². The smallest absolute Gasteiger partial charge is 0.191 e. The molecule has 1 aromatic rings. The van der Waals surface area contributed by atoms with Crippen molar-refractivity contribution in [2.45, 2.75) is 58.8 Å². The Morgan fingerprint density at radius 2 is 1.83 bits per heavy atom. The SMILES string of the molecule is CCNC(=NCc1cc(F)ccc1CS(C)(=O)=O)NCC1CCC(C(C)C)CC1.I. The van der Waals surface area contributed by atoms with Gasteiger partial charge in [-0.2, -0.15) is 0 Å². The van der Waals surface area contributed by atoms with E-state index in [0.29, 0.717) is 23.0 Å². The average molecular weight is 554 g/mol. The normalized spacial score (nSPS) is 20.0. The Hall–Kier alpha value is -0.900. The third-order valence-electron chi connectivity index (χ3n) is 5.73. The average Bonchev–Trinajstić information content (AvgIpc) is 2.65. The maximum absolute atomic E-state index is 13.7.